The van der Waals surface area contributed by atoms with Crippen LogP contribution in [-0.4, -0.2) is 83.6 Å². The van der Waals surface area contributed by atoms with Crippen molar-refractivity contribution in [1.29, 1.82) is 0 Å². The van der Waals surface area contributed by atoms with Crippen molar-refractivity contribution in [3.8, 4) is 5.75 Å². The van der Waals surface area contributed by atoms with E-state index < -0.39 is 46.1 Å². The normalized spacial score (nSPS) is 19.2. The van der Waals surface area contributed by atoms with Crippen LogP contribution in [0.5, 0.6) is 5.75 Å². The van der Waals surface area contributed by atoms with Gasteiger partial charge in [0.1, 0.15) is 46.9 Å². The fourth-order valence-electron chi connectivity index (χ4n) is 5.65. The Morgan fingerprint density at radius 2 is 1.90 bits per heavy atom. The van der Waals surface area contributed by atoms with Crippen molar-refractivity contribution < 1.29 is 32.6 Å². The lowest BCUT2D eigenvalue weighted by Crippen LogP contribution is -2.59. The second-order valence-corrected chi connectivity index (χ2v) is 13.4. The van der Waals surface area contributed by atoms with Gasteiger partial charge in [-0.25, -0.2) is 18.7 Å². The van der Waals surface area contributed by atoms with Crippen LogP contribution in [0.2, 0.25) is 5.02 Å². The number of anilines is 3. The first kappa shape index (κ1) is 35.2. The molecule has 0 spiro atoms. The Morgan fingerprint density at radius 3 is 2.58 bits per heavy atom. The lowest BCUT2D eigenvalue weighted by Gasteiger charge is -2.36. The summed E-state index contributed by atoms with van der Waals surface area (Å²) in [5.74, 6) is -2.52. The van der Waals surface area contributed by atoms with Gasteiger partial charge in [0.2, 0.25) is 17.7 Å². The molecule has 0 aliphatic carbocycles. The monoisotopic (exact) mass is 687 g/mol. The van der Waals surface area contributed by atoms with Crippen molar-refractivity contribution in [3.63, 3.8) is 0 Å². The smallest absolute Gasteiger partial charge is 0.247 e. The van der Waals surface area contributed by atoms with Gasteiger partial charge in [-0.1, -0.05) is 32.4 Å². The lowest BCUT2D eigenvalue weighted by atomic mass is 9.85. The number of hydrogen-bond donors (Lipinski definition) is 4. The summed E-state index contributed by atoms with van der Waals surface area (Å²) >= 11 is 5.79. The molecule has 3 aromatic rings. The number of likely N-dealkylation sites (N-methyl/N-ethyl adjacent to an activating group) is 1. The second-order valence-electron chi connectivity index (χ2n) is 13.0. The lowest BCUT2D eigenvalue weighted by molar-refractivity contribution is -0.143. The van der Waals surface area contributed by atoms with E-state index in [9.17, 15) is 23.2 Å². The van der Waals surface area contributed by atoms with Crippen LogP contribution in [0.3, 0.4) is 0 Å². The first-order valence-corrected chi connectivity index (χ1v) is 16.2. The third kappa shape index (κ3) is 7.61. The highest BCUT2D eigenvalue weighted by Gasteiger charge is 2.42. The molecule has 3 amide bonds. The van der Waals surface area contributed by atoms with E-state index in [0.29, 0.717) is 55.7 Å². The molecular weight excluding hydrogens is 648 g/mol. The van der Waals surface area contributed by atoms with E-state index >= 15 is 0 Å². The molecule has 2 aromatic carbocycles. The van der Waals surface area contributed by atoms with Crippen LogP contribution in [0.4, 0.5) is 26.0 Å². The number of hydrogen-bond acceptors (Lipinski definition) is 9. The largest absolute Gasteiger partial charge is 0.486 e. The van der Waals surface area contributed by atoms with E-state index in [4.69, 9.17) is 21.1 Å². The molecule has 0 bridgehead atoms. The van der Waals surface area contributed by atoms with Gasteiger partial charge < -0.3 is 35.6 Å². The first-order chi connectivity index (χ1) is 22.8. The maximum absolute atomic E-state index is 14.8. The summed E-state index contributed by atoms with van der Waals surface area (Å²) in [6.45, 7) is 8.50. The number of nitrogens with one attached hydrogen (secondary N) is 4. The molecular formula is C33H40ClF2N7O5. The van der Waals surface area contributed by atoms with Gasteiger partial charge in [-0.2, -0.15) is 0 Å². The Labute approximate surface area is 282 Å². The van der Waals surface area contributed by atoms with Gasteiger partial charge in [0.25, 0.3) is 0 Å². The zero-order valence-corrected chi connectivity index (χ0v) is 28.2. The molecule has 4 atom stereocenters. The molecule has 5 rings (SSSR count). The van der Waals surface area contributed by atoms with Gasteiger partial charge in [0, 0.05) is 24.4 Å². The molecule has 15 heteroatoms. The number of benzene rings is 2. The van der Waals surface area contributed by atoms with Gasteiger partial charge in [0.05, 0.1) is 36.1 Å². The Bertz CT molecular complexity index is 1700. The van der Waals surface area contributed by atoms with Crippen molar-refractivity contribution in [2.45, 2.75) is 71.2 Å². The van der Waals surface area contributed by atoms with Crippen LogP contribution in [0.15, 0.2) is 30.6 Å². The minimum atomic E-state index is -0.991. The Hall–Kier alpha value is -4.14. The van der Waals surface area contributed by atoms with Crippen molar-refractivity contribution >= 4 is 57.4 Å². The number of carbonyl (C=O) groups excluding carboxylic acids is 3. The molecule has 1 unspecified atom stereocenters. The number of amides is 3. The maximum atomic E-state index is 14.8. The predicted molar refractivity (Wildman–Crippen MR) is 177 cm³/mol. The third-order valence-electron chi connectivity index (χ3n) is 8.53. The Kier molecular flexibility index (Phi) is 10.7. The van der Waals surface area contributed by atoms with Crippen molar-refractivity contribution in [2.75, 3.05) is 37.4 Å². The summed E-state index contributed by atoms with van der Waals surface area (Å²) in [7, 11) is 1.66. The summed E-state index contributed by atoms with van der Waals surface area (Å²) in [4.78, 5) is 50.8. The van der Waals surface area contributed by atoms with Gasteiger partial charge in [0.15, 0.2) is 5.82 Å². The van der Waals surface area contributed by atoms with Crippen molar-refractivity contribution in [2.24, 2.45) is 5.41 Å². The summed E-state index contributed by atoms with van der Waals surface area (Å²) in [6, 6.07) is 3.25. The molecule has 2 aliphatic heterocycles. The molecule has 0 radical (unpaired) electrons. The topological polar surface area (TPSA) is 147 Å². The summed E-state index contributed by atoms with van der Waals surface area (Å²) in [5, 5.41) is 11.3. The van der Waals surface area contributed by atoms with E-state index in [1.54, 1.807) is 26.1 Å². The van der Waals surface area contributed by atoms with Gasteiger partial charge in [-0.3, -0.25) is 14.4 Å². The maximum Gasteiger partial charge on any atom is 0.247 e. The highest BCUT2D eigenvalue weighted by Crippen LogP contribution is 2.36. The molecule has 3 heterocycles. The molecule has 2 fully saturated rings. The van der Waals surface area contributed by atoms with Gasteiger partial charge in [-0.15, -0.1) is 0 Å². The SMILES string of the molecule is CN[C@@H](C)C(=O)N[C@H](C(=O)N1CCCC1C(=O)Nc1cc2c(Nc3ccc(F)c(Cl)c3F)ncnc2cc1O[C@H]1CCOC1)C(C)(C)C. The molecule has 0 saturated carbocycles. The molecule has 258 valence electrons. The summed E-state index contributed by atoms with van der Waals surface area (Å²) in [6.07, 6.45) is 2.65. The number of nitrogens with zero attached hydrogens (tertiary/aromatic N) is 3. The summed E-state index contributed by atoms with van der Waals surface area (Å²) in [5.41, 5.74) is -0.0486. The fraction of sp³-hybridized carbons (Fsp3) is 0.485. The average Bonchev–Trinajstić information content (AvgIpc) is 3.76. The van der Waals surface area contributed by atoms with Crippen LogP contribution in [0, 0.1) is 17.0 Å². The van der Waals surface area contributed by atoms with Gasteiger partial charge >= 0.3 is 0 Å². The Morgan fingerprint density at radius 1 is 1.12 bits per heavy atom. The molecule has 1 aromatic heterocycles. The fourth-order valence-corrected chi connectivity index (χ4v) is 5.81. The van der Waals surface area contributed by atoms with Crippen molar-refractivity contribution in [1.82, 2.24) is 25.5 Å². The van der Waals surface area contributed by atoms with Crippen LogP contribution < -0.4 is 26.0 Å². The highest BCUT2D eigenvalue weighted by atomic mass is 35.5. The number of halogens is 3. The third-order valence-corrected chi connectivity index (χ3v) is 8.88. The molecule has 2 aliphatic rings. The van der Waals surface area contributed by atoms with E-state index in [2.05, 4.69) is 31.2 Å². The van der Waals surface area contributed by atoms with E-state index in [0.717, 1.165) is 6.07 Å². The summed E-state index contributed by atoms with van der Waals surface area (Å²) < 4.78 is 40.3. The van der Waals surface area contributed by atoms with Gasteiger partial charge in [-0.05, 0) is 50.4 Å². The average molecular weight is 688 g/mol. The highest BCUT2D eigenvalue weighted by molar-refractivity contribution is 6.31. The predicted octanol–water partition coefficient (Wildman–Crippen LogP) is 4.54. The quantitative estimate of drug-likeness (QED) is 0.226. The van der Waals surface area contributed by atoms with Crippen molar-refractivity contribution in [3.05, 3.63) is 47.2 Å². The minimum Gasteiger partial charge on any atom is -0.486 e. The van der Waals surface area contributed by atoms with Crippen LogP contribution in [-0.2, 0) is 19.1 Å². The van der Waals surface area contributed by atoms with E-state index in [1.165, 1.54) is 17.3 Å². The zero-order chi connectivity index (χ0) is 34.7. The molecule has 48 heavy (non-hydrogen) atoms. The number of carbonyl (C=O) groups is 3. The molecule has 12 nitrogen and oxygen atoms in total. The zero-order valence-electron chi connectivity index (χ0n) is 27.5. The number of ether oxygens (including phenoxy) is 2. The number of rotatable bonds is 10. The number of aromatic nitrogens is 2. The van der Waals surface area contributed by atoms with Crippen LogP contribution in [0.25, 0.3) is 10.9 Å². The van der Waals surface area contributed by atoms with E-state index in [1.807, 2.05) is 20.8 Å². The second kappa shape index (κ2) is 14.5. The number of fused-ring (bicyclic) bond motifs is 1. The molecule has 4 N–H and O–H groups in total. The first-order valence-electron chi connectivity index (χ1n) is 15.8. The standard InChI is InChI=1S/C33H40ClF2N7O5/c1-17(37-5)30(44)42-28(33(2,3)4)32(46)43-11-6-7-24(43)31(45)41-23-13-19-22(14-25(23)48-18-10-12-47-15-18)38-16-39-29(19)40-21-9-8-20(35)26(34)27(21)36/h8-9,13-14,16-18,24,28,37H,6-7,10-12,15H2,1-5H3,(H,41,45)(H,42,44)(H,38,39,40)/t17-,18-,24?,28+/m0/s1. The van der Waals surface area contributed by atoms with Crippen LogP contribution in [0.1, 0.15) is 47.0 Å². The Balaban J connectivity index is 1.46. The number of likely N-dealkylation sites (tertiary alicyclic amines) is 1. The minimum absolute atomic E-state index is 0.111. The van der Waals surface area contributed by atoms with Crippen LogP contribution >= 0.6 is 11.6 Å². The van der Waals surface area contributed by atoms with E-state index in [-0.39, 0.29) is 35.1 Å². The molecule has 2 saturated heterocycles.